The summed E-state index contributed by atoms with van der Waals surface area (Å²) in [7, 11) is 0. The van der Waals surface area contributed by atoms with Crippen LogP contribution in [0.1, 0.15) is 64.0 Å². The van der Waals surface area contributed by atoms with E-state index >= 15 is 0 Å². The van der Waals surface area contributed by atoms with Gasteiger partial charge in [-0.25, -0.2) is 0 Å². The van der Waals surface area contributed by atoms with Gasteiger partial charge in [0.05, 0.1) is 6.10 Å². The first kappa shape index (κ1) is 14.2. The molecule has 0 saturated carbocycles. The molecule has 0 radical (unpaired) electrons. The Morgan fingerprint density at radius 1 is 1.00 bits per heavy atom. The number of aliphatic hydroxyl groups is 1. The highest BCUT2D eigenvalue weighted by Gasteiger charge is 2.11. The summed E-state index contributed by atoms with van der Waals surface area (Å²) in [5.41, 5.74) is 1.05. The van der Waals surface area contributed by atoms with Crippen LogP contribution in [0.5, 0.6) is 0 Å². The van der Waals surface area contributed by atoms with E-state index in [0.29, 0.717) is 0 Å². The Bertz CT molecular complexity index is 281. The van der Waals surface area contributed by atoms with E-state index in [2.05, 4.69) is 13.8 Å². The Hall–Kier alpha value is -0.820. The third-order valence-corrected chi connectivity index (χ3v) is 3.58. The quantitative estimate of drug-likeness (QED) is 0.690. The van der Waals surface area contributed by atoms with Crippen molar-refractivity contribution in [2.45, 2.75) is 58.5 Å². The maximum Gasteiger partial charge on any atom is 0.0790 e. The number of hydrogen-bond acceptors (Lipinski definition) is 1. The Kier molecular flexibility index (Phi) is 6.95. The molecule has 1 aromatic rings. The van der Waals surface area contributed by atoms with Gasteiger partial charge in [0.15, 0.2) is 0 Å². The van der Waals surface area contributed by atoms with E-state index in [4.69, 9.17) is 0 Å². The van der Waals surface area contributed by atoms with Gasteiger partial charge in [0.2, 0.25) is 0 Å². The highest BCUT2D eigenvalue weighted by atomic mass is 16.3. The summed E-state index contributed by atoms with van der Waals surface area (Å²) in [6.07, 6.45) is 6.90. The smallest absolute Gasteiger partial charge is 0.0790 e. The minimum absolute atomic E-state index is 0.285. The Morgan fingerprint density at radius 2 is 1.71 bits per heavy atom. The lowest BCUT2D eigenvalue weighted by Gasteiger charge is -2.17. The first-order valence-electron chi connectivity index (χ1n) is 7.00. The lowest BCUT2D eigenvalue weighted by Crippen LogP contribution is -2.04. The van der Waals surface area contributed by atoms with Crippen molar-refractivity contribution in [1.82, 2.24) is 0 Å². The van der Waals surface area contributed by atoms with E-state index in [1.165, 1.54) is 25.7 Å². The van der Waals surface area contributed by atoms with Crippen molar-refractivity contribution >= 4 is 0 Å². The highest BCUT2D eigenvalue weighted by Crippen LogP contribution is 2.24. The molecule has 1 rings (SSSR count). The van der Waals surface area contributed by atoms with E-state index < -0.39 is 0 Å². The zero-order valence-electron chi connectivity index (χ0n) is 11.2. The lowest BCUT2D eigenvalue weighted by atomic mass is 9.91. The van der Waals surface area contributed by atoms with Crippen LogP contribution in [0.2, 0.25) is 0 Å². The molecule has 17 heavy (non-hydrogen) atoms. The minimum Gasteiger partial charge on any atom is -0.388 e. The second kappa shape index (κ2) is 8.30. The predicted molar refractivity (Wildman–Crippen MR) is 73.9 cm³/mol. The van der Waals surface area contributed by atoms with Gasteiger partial charge in [-0.15, -0.1) is 0 Å². The molecule has 2 unspecified atom stereocenters. The molecule has 0 aliphatic carbocycles. The van der Waals surface area contributed by atoms with Gasteiger partial charge in [-0.2, -0.15) is 0 Å². The molecule has 2 atom stereocenters. The van der Waals surface area contributed by atoms with Crippen molar-refractivity contribution in [3.8, 4) is 0 Å². The number of aliphatic hydroxyl groups excluding tert-OH is 1. The summed E-state index contributed by atoms with van der Waals surface area (Å²) >= 11 is 0. The van der Waals surface area contributed by atoms with Crippen LogP contribution >= 0.6 is 0 Å². The average Bonchev–Trinajstić information content (AvgIpc) is 2.39. The largest absolute Gasteiger partial charge is 0.388 e. The fourth-order valence-electron chi connectivity index (χ4n) is 2.28. The number of hydrogen-bond donors (Lipinski definition) is 1. The van der Waals surface area contributed by atoms with Crippen molar-refractivity contribution in [3.05, 3.63) is 35.9 Å². The SMILES string of the molecule is CCCCC(CC)CCC(O)c1ccccc1. The number of rotatable bonds is 8. The van der Waals surface area contributed by atoms with Crippen LogP contribution in [0.25, 0.3) is 0 Å². The van der Waals surface area contributed by atoms with Crippen LogP contribution in [0.15, 0.2) is 30.3 Å². The summed E-state index contributed by atoms with van der Waals surface area (Å²) in [4.78, 5) is 0. The molecule has 0 aliphatic rings. The van der Waals surface area contributed by atoms with E-state index in [9.17, 15) is 5.11 Å². The zero-order chi connectivity index (χ0) is 12.5. The van der Waals surface area contributed by atoms with Crippen LogP contribution in [-0.4, -0.2) is 5.11 Å². The fourth-order valence-corrected chi connectivity index (χ4v) is 2.28. The third-order valence-electron chi connectivity index (χ3n) is 3.58. The van der Waals surface area contributed by atoms with Crippen LogP contribution in [0.3, 0.4) is 0 Å². The molecule has 1 N–H and O–H groups in total. The van der Waals surface area contributed by atoms with Gasteiger partial charge in [0, 0.05) is 0 Å². The molecule has 0 amide bonds. The predicted octanol–water partition coefficient (Wildman–Crippen LogP) is 4.72. The summed E-state index contributed by atoms with van der Waals surface area (Å²) in [6, 6.07) is 10.0. The summed E-state index contributed by atoms with van der Waals surface area (Å²) in [6.45, 7) is 4.50. The van der Waals surface area contributed by atoms with Gasteiger partial charge in [-0.3, -0.25) is 0 Å². The average molecular weight is 234 g/mol. The lowest BCUT2D eigenvalue weighted by molar-refractivity contribution is 0.155. The van der Waals surface area contributed by atoms with Crippen molar-refractivity contribution in [3.63, 3.8) is 0 Å². The Morgan fingerprint density at radius 3 is 2.29 bits per heavy atom. The molecule has 96 valence electrons. The van der Waals surface area contributed by atoms with Gasteiger partial charge < -0.3 is 5.11 Å². The van der Waals surface area contributed by atoms with Gasteiger partial charge in [0.1, 0.15) is 0 Å². The zero-order valence-corrected chi connectivity index (χ0v) is 11.2. The van der Waals surface area contributed by atoms with Crippen LogP contribution < -0.4 is 0 Å². The molecule has 0 fully saturated rings. The van der Waals surface area contributed by atoms with Crippen LogP contribution in [0.4, 0.5) is 0 Å². The van der Waals surface area contributed by atoms with Gasteiger partial charge >= 0.3 is 0 Å². The first-order valence-corrected chi connectivity index (χ1v) is 7.00. The maximum absolute atomic E-state index is 10.1. The Balaban J connectivity index is 2.33. The minimum atomic E-state index is -0.285. The first-order chi connectivity index (χ1) is 8.27. The molecular weight excluding hydrogens is 208 g/mol. The van der Waals surface area contributed by atoms with E-state index in [0.717, 1.165) is 24.3 Å². The van der Waals surface area contributed by atoms with Crippen molar-refractivity contribution < 1.29 is 5.11 Å². The molecular formula is C16H26O. The molecule has 0 aliphatic heterocycles. The van der Waals surface area contributed by atoms with Gasteiger partial charge in [-0.1, -0.05) is 69.9 Å². The number of unbranched alkanes of at least 4 members (excludes halogenated alkanes) is 1. The van der Waals surface area contributed by atoms with Crippen LogP contribution in [-0.2, 0) is 0 Å². The second-order valence-electron chi connectivity index (χ2n) is 4.92. The molecule has 0 aromatic heterocycles. The van der Waals surface area contributed by atoms with E-state index in [-0.39, 0.29) is 6.10 Å². The Labute approximate surface area is 106 Å². The van der Waals surface area contributed by atoms with E-state index in [1.807, 2.05) is 30.3 Å². The molecule has 1 heteroatoms. The molecule has 1 nitrogen and oxygen atoms in total. The van der Waals surface area contributed by atoms with Crippen molar-refractivity contribution in [1.29, 1.82) is 0 Å². The fraction of sp³-hybridized carbons (Fsp3) is 0.625. The van der Waals surface area contributed by atoms with Crippen LogP contribution in [0, 0.1) is 5.92 Å². The monoisotopic (exact) mass is 234 g/mol. The molecule has 0 saturated heterocycles. The molecule has 0 spiro atoms. The van der Waals surface area contributed by atoms with E-state index in [1.54, 1.807) is 0 Å². The third kappa shape index (κ3) is 5.36. The summed E-state index contributed by atoms with van der Waals surface area (Å²) < 4.78 is 0. The molecule has 0 bridgehead atoms. The molecule has 0 heterocycles. The second-order valence-corrected chi connectivity index (χ2v) is 4.92. The topological polar surface area (TPSA) is 20.2 Å². The standard InChI is InChI=1S/C16H26O/c1-3-5-9-14(4-2)12-13-16(17)15-10-7-6-8-11-15/h6-8,10-11,14,16-17H,3-5,9,12-13H2,1-2H3. The van der Waals surface area contributed by atoms with Crippen molar-refractivity contribution in [2.75, 3.05) is 0 Å². The summed E-state index contributed by atoms with van der Waals surface area (Å²) in [5, 5.41) is 10.1. The number of benzene rings is 1. The van der Waals surface area contributed by atoms with Crippen molar-refractivity contribution in [2.24, 2.45) is 5.92 Å². The summed E-state index contributed by atoms with van der Waals surface area (Å²) in [5.74, 6) is 0.785. The molecule has 1 aromatic carbocycles. The highest BCUT2D eigenvalue weighted by molar-refractivity contribution is 5.17. The van der Waals surface area contributed by atoms with Gasteiger partial charge in [0.25, 0.3) is 0 Å². The normalized spacial score (nSPS) is 14.5. The van der Waals surface area contributed by atoms with Gasteiger partial charge in [-0.05, 0) is 24.3 Å². The maximum atomic E-state index is 10.1.